The molecule has 3 N–H and O–H groups in total. The largest absolute Gasteiger partial charge is 0.491 e. The van der Waals surface area contributed by atoms with Crippen molar-refractivity contribution in [3.8, 4) is 40.2 Å². The molecule has 0 unspecified atom stereocenters. The predicted octanol–water partition coefficient (Wildman–Crippen LogP) is 7.59. The number of amides is 1. The molecule has 2 aliphatic rings. The number of pyridine rings is 1. The van der Waals surface area contributed by atoms with Gasteiger partial charge in [0.05, 0.1) is 47.5 Å². The number of carbonyl (C=O) groups excluding carboxylic acids is 1. The topological polar surface area (TPSA) is 203 Å². The summed E-state index contributed by atoms with van der Waals surface area (Å²) >= 11 is 6.15. The summed E-state index contributed by atoms with van der Waals surface area (Å²) in [5.74, 6) is 2.55. The van der Waals surface area contributed by atoms with Gasteiger partial charge in [-0.25, -0.2) is 18.4 Å². The summed E-state index contributed by atoms with van der Waals surface area (Å²) in [6, 6.07) is 21.2. The van der Waals surface area contributed by atoms with Crippen molar-refractivity contribution >= 4 is 49.9 Å². The Bertz CT molecular complexity index is 2870. The van der Waals surface area contributed by atoms with Crippen LogP contribution in [-0.4, -0.2) is 84.1 Å². The lowest BCUT2D eigenvalue weighted by Gasteiger charge is -2.32. The molecule has 0 bridgehead atoms. The van der Waals surface area contributed by atoms with Crippen LogP contribution in [0.15, 0.2) is 96.3 Å². The molecule has 18 heteroatoms. The Hall–Kier alpha value is -6.61. The Morgan fingerprint density at radius 1 is 0.923 bits per heavy atom. The number of sulfonamides is 1. The molecule has 0 atom stereocenters. The second-order valence-electron chi connectivity index (χ2n) is 16.0. The summed E-state index contributed by atoms with van der Waals surface area (Å²) in [4.78, 5) is 40.0. The fourth-order valence-corrected chi connectivity index (χ4v) is 8.89. The lowest BCUT2D eigenvalue weighted by molar-refractivity contribution is 0.0202. The molecule has 2 fully saturated rings. The van der Waals surface area contributed by atoms with Crippen LogP contribution >= 0.6 is 11.6 Å². The molecule has 1 aliphatic carbocycles. The number of ether oxygens (including phenoxy) is 4. The number of carbonyl (C=O) groups is 1. The van der Waals surface area contributed by atoms with Gasteiger partial charge < -0.3 is 38.7 Å². The minimum atomic E-state index is -3.55. The van der Waals surface area contributed by atoms with Crippen LogP contribution in [0.1, 0.15) is 61.5 Å². The maximum absolute atomic E-state index is 13.0. The van der Waals surface area contributed by atoms with Gasteiger partial charge in [0.1, 0.15) is 52.7 Å². The van der Waals surface area contributed by atoms with Crippen molar-refractivity contribution in [3.05, 3.63) is 118 Å². The molecule has 0 spiro atoms. The third-order valence-electron chi connectivity index (χ3n) is 11.6. The van der Waals surface area contributed by atoms with E-state index in [1.165, 1.54) is 10.8 Å². The van der Waals surface area contributed by atoms with Gasteiger partial charge in [-0.1, -0.05) is 17.7 Å². The molecule has 1 saturated heterocycles. The van der Waals surface area contributed by atoms with E-state index >= 15 is 0 Å². The lowest BCUT2D eigenvalue weighted by Crippen LogP contribution is -2.40. The SMILES string of the molecule is CCS(=O)(=O)Nc1ccc(Oc2cccc(OCCOC3CCN(c4cnc(C(=O)NC5CCC(Oc6ccc(C#N)c(Cl)c6)CC5)cn4)CC3)c2)c(-c2cn(C)c(=O)c3[nH]ccc23)c1. The van der Waals surface area contributed by atoms with E-state index < -0.39 is 10.0 Å². The third kappa shape index (κ3) is 11.0. The highest BCUT2D eigenvalue weighted by molar-refractivity contribution is 7.92. The van der Waals surface area contributed by atoms with E-state index in [0.29, 0.717) is 80.3 Å². The molecule has 1 aliphatic heterocycles. The first-order valence-electron chi connectivity index (χ1n) is 21.5. The number of aromatic nitrogens is 4. The van der Waals surface area contributed by atoms with E-state index in [9.17, 15) is 18.0 Å². The van der Waals surface area contributed by atoms with Gasteiger partial charge in [-0.2, -0.15) is 5.26 Å². The van der Waals surface area contributed by atoms with Gasteiger partial charge in [0, 0.05) is 72.9 Å². The van der Waals surface area contributed by atoms with E-state index in [0.717, 1.165) is 51.6 Å². The molecule has 3 aromatic carbocycles. The Balaban J connectivity index is 0.787. The highest BCUT2D eigenvalue weighted by atomic mass is 35.5. The average Bonchev–Trinajstić information content (AvgIpc) is 3.81. The summed E-state index contributed by atoms with van der Waals surface area (Å²) in [6.07, 6.45) is 11.3. The van der Waals surface area contributed by atoms with Gasteiger partial charge in [-0.15, -0.1) is 0 Å². The van der Waals surface area contributed by atoms with Crippen LogP contribution in [0.2, 0.25) is 5.02 Å². The first-order valence-corrected chi connectivity index (χ1v) is 23.6. The van der Waals surface area contributed by atoms with Gasteiger partial charge in [-0.05, 0) is 94.0 Å². The van der Waals surface area contributed by atoms with E-state index in [4.69, 9.17) is 35.8 Å². The number of rotatable bonds is 16. The van der Waals surface area contributed by atoms with Crippen molar-refractivity contribution in [1.82, 2.24) is 24.8 Å². The number of piperidine rings is 1. The number of benzene rings is 3. The molecule has 0 radical (unpaired) electrons. The zero-order valence-electron chi connectivity index (χ0n) is 36.0. The first-order chi connectivity index (χ1) is 31.4. The Morgan fingerprint density at radius 3 is 2.46 bits per heavy atom. The number of nitriles is 1. The van der Waals surface area contributed by atoms with Crippen LogP contribution < -0.4 is 34.7 Å². The van der Waals surface area contributed by atoms with Crippen LogP contribution in [0.25, 0.3) is 22.0 Å². The molecule has 16 nitrogen and oxygen atoms in total. The summed E-state index contributed by atoms with van der Waals surface area (Å²) in [5, 5.41) is 13.2. The van der Waals surface area contributed by atoms with Crippen LogP contribution in [0.3, 0.4) is 0 Å². The van der Waals surface area contributed by atoms with E-state index in [1.54, 1.807) is 87.2 Å². The third-order valence-corrected chi connectivity index (χ3v) is 13.2. The number of hydrogen-bond acceptors (Lipinski definition) is 12. The number of anilines is 2. The van der Waals surface area contributed by atoms with Crippen LogP contribution in [0, 0.1) is 11.3 Å². The van der Waals surface area contributed by atoms with Gasteiger partial charge in [0.25, 0.3) is 11.5 Å². The van der Waals surface area contributed by atoms with Crippen molar-refractivity contribution < 1.29 is 32.2 Å². The molecule has 6 aromatic rings. The molecule has 4 heterocycles. The highest BCUT2D eigenvalue weighted by Crippen LogP contribution is 2.39. The molecule has 3 aromatic heterocycles. The van der Waals surface area contributed by atoms with E-state index in [-0.39, 0.29) is 41.2 Å². The van der Waals surface area contributed by atoms with Crippen LogP contribution in [0.5, 0.6) is 23.0 Å². The first kappa shape index (κ1) is 45.0. The van der Waals surface area contributed by atoms with Gasteiger partial charge in [0.2, 0.25) is 10.0 Å². The number of nitrogens with one attached hydrogen (secondary N) is 3. The number of hydrogen-bond donors (Lipinski definition) is 3. The molecule has 1 saturated carbocycles. The second-order valence-corrected chi connectivity index (χ2v) is 18.4. The van der Waals surface area contributed by atoms with Gasteiger partial charge in [-0.3, -0.25) is 14.3 Å². The lowest BCUT2D eigenvalue weighted by atomic mass is 9.93. The molecular formula is C47H49ClN8O8S. The molecular weight excluding hydrogens is 872 g/mol. The monoisotopic (exact) mass is 920 g/mol. The molecule has 65 heavy (non-hydrogen) atoms. The Labute approximate surface area is 381 Å². The fraction of sp³-hybridized carbons (Fsp3) is 0.340. The standard InChI is InChI=1S/C47H49ClN8O8S/c1-3-65(59,60)54-32-10-14-43(39(23-32)40-29-55(2)47(58)45-38(40)15-18-50-45)64-36-6-4-5-35(24-36)62-22-21-61-33-16-19-56(20-17-33)44-28-51-42(27-52-44)46(57)53-31-8-12-34(13-9-31)63-37-11-7-30(26-49)41(48)25-37/h4-7,10-11,14-15,18,23-25,27-29,31,33-34,50,54H,3,8-9,12-13,16-17,19-22H2,1-2H3,(H,53,57). The zero-order chi connectivity index (χ0) is 45.5. The quantitative estimate of drug-likeness (QED) is 0.0805. The van der Waals surface area contributed by atoms with Crippen molar-refractivity contribution in [1.29, 1.82) is 5.26 Å². The smallest absolute Gasteiger partial charge is 0.274 e. The second kappa shape index (κ2) is 20.1. The minimum absolute atomic E-state index is 0.00596. The highest BCUT2D eigenvalue weighted by Gasteiger charge is 2.26. The fourth-order valence-electron chi connectivity index (χ4n) is 8.05. The van der Waals surface area contributed by atoms with Gasteiger partial charge >= 0.3 is 0 Å². The normalized spacial score (nSPS) is 16.7. The predicted molar refractivity (Wildman–Crippen MR) is 248 cm³/mol. The average molecular weight is 921 g/mol. The van der Waals surface area contributed by atoms with Crippen molar-refractivity contribution in [2.45, 2.75) is 63.7 Å². The van der Waals surface area contributed by atoms with Crippen molar-refractivity contribution in [2.75, 3.05) is 41.7 Å². The van der Waals surface area contributed by atoms with Crippen LogP contribution in [0.4, 0.5) is 11.5 Å². The number of aromatic amines is 1. The van der Waals surface area contributed by atoms with Crippen molar-refractivity contribution in [2.24, 2.45) is 7.05 Å². The molecule has 8 rings (SSSR count). The number of H-pyrrole nitrogens is 1. The van der Waals surface area contributed by atoms with Crippen LogP contribution in [-0.2, 0) is 21.8 Å². The Kier molecular flexibility index (Phi) is 13.9. The summed E-state index contributed by atoms with van der Waals surface area (Å²) in [5.41, 5.74) is 2.55. The summed E-state index contributed by atoms with van der Waals surface area (Å²) < 4.78 is 53.7. The van der Waals surface area contributed by atoms with E-state index in [2.05, 4.69) is 29.9 Å². The number of aryl methyl sites for hydroxylation is 1. The molecule has 338 valence electrons. The number of fused-ring (bicyclic) bond motifs is 1. The zero-order valence-corrected chi connectivity index (χ0v) is 37.5. The summed E-state index contributed by atoms with van der Waals surface area (Å²) in [6.45, 7) is 3.73. The Morgan fingerprint density at radius 2 is 1.72 bits per heavy atom. The maximum Gasteiger partial charge on any atom is 0.274 e. The minimum Gasteiger partial charge on any atom is -0.491 e. The maximum atomic E-state index is 13.0. The van der Waals surface area contributed by atoms with Gasteiger partial charge in [0.15, 0.2) is 0 Å². The molecule has 1 amide bonds. The van der Waals surface area contributed by atoms with E-state index in [1.807, 2.05) is 18.2 Å². The number of nitrogens with zero attached hydrogens (tertiary/aromatic N) is 5. The number of halogens is 1. The van der Waals surface area contributed by atoms with Crippen molar-refractivity contribution in [3.63, 3.8) is 0 Å². The summed E-state index contributed by atoms with van der Waals surface area (Å²) in [7, 11) is -1.89.